The zero-order valence-electron chi connectivity index (χ0n) is 21.0. The van der Waals surface area contributed by atoms with Gasteiger partial charge in [-0.05, 0) is 0 Å². The Morgan fingerprint density at radius 2 is 0.759 bits per heavy atom. The summed E-state index contributed by atoms with van der Waals surface area (Å²) in [6, 6.07) is 0. The van der Waals surface area contributed by atoms with Gasteiger partial charge in [0.05, 0.1) is 0 Å². The Morgan fingerprint density at radius 3 is 1.07 bits per heavy atom. The van der Waals surface area contributed by atoms with E-state index < -0.39 is 24.3 Å². The summed E-state index contributed by atoms with van der Waals surface area (Å²) in [4.78, 5) is 9.00. The molecule has 0 rings (SSSR count). The molecule has 0 atom stereocenters. The summed E-state index contributed by atoms with van der Waals surface area (Å²) in [7, 11) is 0. The second-order valence-electron chi connectivity index (χ2n) is 9.26. The molecule has 0 fully saturated rings. The molecule has 0 aliphatic heterocycles. The van der Waals surface area contributed by atoms with Crippen LogP contribution in [0.2, 0.25) is 17.7 Å². The summed E-state index contributed by atoms with van der Waals surface area (Å²) >= 11 is -1.83. The van der Waals surface area contributed by atoms with Gasteiger partial charge in [-0.15, -0.1) is 0 Å². The molecule has 0 aromatic heterocycles. The van der Waals surface area contributed by atoms with Crippen LogP contribution in [-0.2, 0) is 4.79 Å². The zero-order chi connectivity index (χ0) is 22.2. The van der Waals surface area contributed by atoms with E-state index in [0.717, 1.165) is 6.92 Å². The van der Waals surface area contributed by atoms with Crippen molar-refractivity contribution in [3.63, 3.8) is 0 Å². The van der Waals surface area contributed by atoms with Crippen LogP contribution < -0.4 is 0 Å². The van der Waals surface area contributed by atoms with Crippen molar-refractivity contribution in [2.75, 3.05) is 0 Å². The van der Waals surface area contributed by atoms with Crippen LogP contribution in [0.4, 0.5) is 0 Å². The number of aliphatic carboxylic acids is 1. The first-order valence-corrected chi connectivity index (χ1v) is 21.2. The molecule has 0 saturated heterocycles. The van der Waals surface area contributed by atoms with Crippen LogP contribution in [-0.4, -0.2) is 29.5 Å². The molecule has 29 heavy (non-hydrogen) atoms. The SMILES string of the molecule is CC(=O)O.CCCCCCC[CH2][Sn]([CH2]CCC)([CH2]CCC)[CH2]CCCCCCC. The molecule has 0 aromatic carbocycles. The number of carbonyl (C=O) groups is 1. The Kier molecular flexibility index (Phi) is 26.6. The molecule has 3 heteroatoms. The van der Waals surface area contributed by atoms with Crippen molar-refractivity contribution in [2.45, 2.75) is 155 Å². The average Bonchev–Trinajstić information content (AvgIpc) is 2.69. The van der Waals surface area contributed by atoms with Crippen LogP contribution in [0.1, 0.15) is 137 Å². The topological polar surface area (TPSA) is 37.3 Å². The second kappa shape index (κ2) is 24.5. The van der Waals surface area contributed by atoms with E-state index >= 15 is 0 Å². The van der Waals surface area contributed by atoms with Gasteiger partial charge in [0.25, 0.3) is 5.97 Å². The van der Waals surface area contributed by atoms with Gasteiger partial charge in [0.1, 0.15) is 0 Å². The summed E-state index contributed by atoms with van der Waals surface area (Å²) in [5, 5.41) is 7.42. The molecule has 0 aliphatic rings. The second-order valence-corrected chi connectivity index (χ2v) is 23.5. The number of rotatable bonds is 20. The van der Waals surface area contributed by atoms with Gasteiger partial charge in [0.15, 0.2) is 0 Å². The van der Waals surface area contributed by atoms with Gasteiger partial charge in [-0.25, -0.2) is 0 Å². The van der Waals surface area contributed by atoms with Crippen molar-refractivity contribution < 1.29 is 9.90 Å². The molecule has 0 radical (unpaired) electrons. The van der Waals surface area contributed by atoms with Gasteiger partial charge in [0, 0.05) is 6.92 Å². The van der Waals surface area contributed by atoms with Gasteiger partial charge in [-0.3, -0.25) is 4.79 Å². The van der Waals surface area contributed by atoms with E-state index in [1.807, 2.05) is 0 Å². The Labute approximate surface area is 188 Å². The van der Waals surface area contributed by atoms with Gasteiger partial charge >= 0.3 is 167 Å². The first-order valence-electron chi connectivity index (χ1n) is 13.2. The standard InChI is InChI=1S/2C8H17.2C4H9.C2H4O2.Sn/c2*1-3-5-7-8-6-4-2;2*1-3-4-2;1-2(3)4;/h2*1,3-8H2,2H3;2*1,3-4H2,2H3;1H3,(H,3,4);. The van der Waals surface area contributed by atoms with E-state index in [9.17, 15) is 0 Å². The Hall–Kier alpha value is 0.269. The quantitative estimate of drug-likeness (QED) is 0.128. The molecule has 1 N–H and O–H groups in total. The van der Waals surface area contributed by atoms with Crippen LogP contribution >= 0.6 is 0 Å². The van der Waals surface area contributed by atoms with Crippen molar-refractivity contribution >= 4 is 24.3 Å². The van der Waals surface area contributed by atoms with E-state index in [2.05, 4.69) is 27.7 Å². The first-order chi connectivity index (χ1) is 14.0. The normalized spacial score (nSPS) is 11.2. The molecule has 176 valence electrons. The van der Waals surface area contributed by atoms with Gasteiger partial charge in [-0.2, -0.15) is 0 Å². The summed E-state index contributed by atoms with van der Waals surface area (Å²) in [5.74, 6) is -0.833. The van der Waals surface area contributed by atoms with Crippen LogP contribution in [0.5, 0.6) is 0 Å². The fourth-order valence-electron chi connectivity index (χ4n) is 4.41. The maximum absolute atomic E-state index is 9.00. The maximum atomic E-state index is 9.00. The minimum atomic E-state index is -1.83. The molecule has 0 spiro atoms. The molecule has 0 unspecified atom stereocenters. The van der Waals surface area contributed by atoms with Crippen LogP contribution in [0.3, 0.4) is 0 Å². The number of hydrogen-bond donors (Lipinski definition) is 1. The van der Waals surface area contributed by atoms with Crippen molar-refractivity contribution in [3.05, 3.63) is 0 Å². The third kappa shape index (κ3) is 24.4. The molecule has 0 saturated carbocycles. The van der Waals surface area contributed by atoms with Gasteiger partial charge < -0.3 is 5.11 Å². The molecular formula is C26H56O2Sn. The molecule has 0 aromatic rings. The van der Waals surface area contributed by atoms with Crippen LogP contribution in [0.15, 0.2) is 0 Å². The fraction of sp³-hybridized carbons (Fsp3) is 0.962. The predicted octanol–water partition coefficient (Wildman–Crippen LogP) is 9.85. The van der Waals surface area contributed by atoms with Crippen molar-refractivity contribution in [3.8, 4) is 0 Å². The first kappa shape index (κ1) is 31.5. The van der Waals surface area contributed by atoms with Gasteiger partial charge in [-0.1, -0.05) is 0 Å². The third-order valence-corrected chi connectivity index (χ3v) is 22.4. The number of carboxylic acids is 1. The van der Waals surface area contributed by atoms with E-state index in [1.54, 1.807) is 43.4 Å². The van der Waals surface area contributed by atoms with Crippen molar-refractivity contribution in [1.82, 2.24) is 0 Å². The Balaban J connectivity index is 0. The average molecular weight is 519 g/mol. The van der Waals surface area contributed by atoms with E-state index in [-0.39, 0.29) is 0 Å². The monoisotopic (exact) mass is 520 g/mol. The zero-order valence-corrected chi connectivity index (χ0v) is 23.9. The summed E-state index contributed by atoms with van der Waals surface area (Å²) in [6.45, 7) is 10.6. The fourth-order valence-corrected chi connectivity index (χ4v) is 20.7. The van der Waals surface area contributed by atoms with Gasteiger partial charge in [0.2, 0.25) is 0 Å². The summed E-state index contributed by atoms with van der Waals surface area (Å²) in [5.41, 5.74) is 0. The van der Waals surface area contributed by atoms with Crippen molar-refractivity contribution in [1.29, 1.82) is 0 Å². The third-order valence-electron chi connectivity index (χ3n) is 6.24. The number of unbranched alkanes of at least 4 members (excludes halogenated alkanes) is 12. The number of carboxylic acid groups (broad SMARTS) is 1. The van der Waals surface area contributed by atoms with Crippen LogP contribution in [0.25, 0.3) is 0 Å². The van der Waals surface area contributed by atoms with E-state index in [1.165, 1.54) is 77.0 Å². The Bertz CT molecular complexity index is 301. The van der Waals surface area contributed by atoms with E-state index in [4.69, 9.17) is 9.90 Å². The van der Waals surface area contributed by atoms with Crippen molar-refractivity contribution in [2.24, 2.45) is 0 Å². The Morgan fingerprint density at radius 1 is 0.517 bits per heavy atom. The molecule has 0 aliphatic carbocycles. The van der Waals surface area contributed by atoms with E-state index in [0.29, 0.717) is 0 Å². The molecular weight excluding hydrogens is 463 g/mol. The predicted molar refractivity (Wildman–Crippen MR) is 135 cm³/mol. The molecule has 2 nitrogen and oxygen atoms in total. The molecule has 0 amide bonds. The van der Waals surface area contributed by atoms with Crippen LogP contribution in [0, 0.1) is 0 Å². The minimum absolute atomic E-state index is 0.833. The molecule has 0 bridgehead atoms. The number of hydrogen-bond acceptors (Lipinski definition) is 1. The molecule has 0 heterocycles. The summed E-state index contributed by atoms with van der Waals surface area (Å²) in [6.07, 6.45) is 23.9. The summed E-state index contributed by atoms with van der Waals surface area (Å²) < 4.78 is 6.90.